The lowest BCUT2D eigenvalue weighted by Gasteiger charge is -2.11. The Morgan fingerprint density at radius 1 is 1.42 bits per heavy atom. The second-order valence-corrected chi connectivity index (χ2v) is 2.62. The van der Waals surface area contributed by atoms with Crippen molar-refractivity contribution in [2.45, 2.75) is 0 Å². The molecule has 0 N–H and O–H groups in total. The minimum atomic E-state index is 0.635. The summed E-state index contributed by atoms with van der Waals surface area (Å²) in [4.78, 5) is 15.4. The summed E-state index contributed by atoms with van der Waals surface area (Å²) in [6.45, 7) is 0. The summed E-state index contributed by atoms with van der Waals surface area (Å²) in [5, 5.41) is 0. The fourth-order valence-electron chi connectivity index (χ4n) is 0.893. The molecule has 0 aliphatic rings. The normalized spacial score (nSPS) is 8.83. The van der Waals surface area contributed by atoms with E-state index < -0.39 is 0 Å². The summed E-state index contributed by atoms with van der Waals surface area (Å²) in [5.41, 5.74) is 1.66. The average Bonchev–Trinajstić information content (AvgIpc) is 2.05. The maximum absolute atomic E-state index is 9.95. The van der Waals surface area contributed by atoms with Crippen LogP contribution in [0.5, 0.6) is 0 Å². The van der Waals surface area contributed by atoms with Crippen LogP contribution in [0.25, 0.3) is 0 Å². The van der Waals surface area contributed by atoms with Gasteiger partial charge in [-0.05, 0) is 18.2 Å². The van der Waals surface area contributed by atoms with Crippen LogP contribution in [0.1, 0.15) is 0 Å². The van der Waals surface area contributed by atoms with Crippen LogP contribution in [0.4, 0.5) is 11.4 Å². The van der Waals surface area contributed by atoms with Crippen molar-refractivity contribution in [1.29, 1.82) is 0 Å². The van der Waals surface area contributed by atoms with Gasteiger partial charge in [-0.15, -0.1) is 0 Å². The average molecular weight is 162 g/mol. The molecule has 0 saturated heterocycles. The molecule has 1 aromatic carbocycles. The molecule has 0 saturated carbocycles. The van der Waals surface area contributed by atoms with E-state index in [9.17, 15) is 4.79 Å². The van der Waals surface area contributed by atoms with E-state index in [-0.39, 0.29) is 0 Å². The molecule has 0 amide bonds. The van der Waals surface area contributed by atoms with E-state index in [1.165, 1.54) is 6.08 Å². The van der Waals surface area contributed by atoms with E-state index in [0.29, 0.717) is 5.69 Å². The van der Waals surface area contributed by atoms with Gasteiger partial charge in [-0.3, -0.25) is 0 Å². The molecule has 0 aliphatic carbocycles. The number of aliphatic imine (C=N–C) groups is 1. The van der Waals surface area contributed by atoms with Gasteiger partial charge in [0.1, 0.15) is 0 Å². The van der Waals surface area contributed by atoms with Crippen LogP contribution >= 0.6 is 0 Å². The Kier molecular flexibility index (Phi) is 2.62. The Labute approximate surface area is 71.3 Å². The van der Waals surface area contributed by atoms with Crippen molar-refractivity contribution >= 4 is 17.5 Å². The molecule has 3 heteroatoms. The molecular formula is C9H10N2O. The minimum absolute atomic E-state index is 0.635. The molecule has 0 bridgehead atoms. The molecule has 0 unspecified atom stereocenters. The fraction of sp³-hybridized carbons (Fsp3) is 0.222. The van der Waals surface area contributed by atoms with E-state index >= 15 is 0 Å². The summed E-state index contributed by atoms with van der Waals surface area (Å²) in [7, 11) is 3.87. The van der Waals surface area contributed by atoms with Crippen LogP contribution in [0.2, 0.25) is 0 Å². The van der Waals surface area contributed by atoms with Gasteiger partial charge in [0.15, 0.2) is 0 Å². The van der Waals surface area contributed by atoms with Gasteiger partial charge in [0.25, 0.3) is 0 Å². The maximum atomic E-state index is 9.95. The molecular weight excluding hydrogens is 152 g/mol. The topological polar surface area (TPSA) is 32.7 Å². The smallest absolute Gasteiger partial charge is 0.240 e. The molecule has 0 spiro atoms. The highest BCUT2D eigenvalue weighted by Crippen LogP contribution is 2.18. The van der Waals surface area contributed by atoms with E-state index in [1.54, 1.807) is 6.07 Å². The third kappa shape index (κ3) is 1.94. The van der Waals surface area contributed by atoms with E-state index in [2.05, 4.69) is 4.99 Å². The van der Waals surface area contributed by atoms with Gasteiger partial charge < -0.3 is 4.90 Å². The third-order valence-corrected chi connectivity index (χ3v) is 1.52. The highest BCUT2D eigenvalue weighted by atomic mass is 16.1. The Bertz CT molecular complexity index is 314. The molecule has 0 radical (unpaired) electrons. The van der Waals surface area contributed by atoms with Gasteiger partial charge in [-0.1, -0.05) is 6.07 Å². The summed E-state index contributed by atoms with van der Waals surface area (Å²) < 4.78 is 0. The van der Waals surface area contributed by atoms with Crippen LogP contribution in [0.3, 0.4) is 0 Å². The minimum Gasteiger partial charge on any atom is -0.378 e. The second kappa shape index (κ2) is 3.69. The number of hydrogen-bond acceptors (Lipinski definition) is 3. The first-order chi connectivity index (χ1) is 5.74. The summed E-state index contributed by atoms with van der Waals surface area (Å²) in [5.74, 6) is 0. The van der Waals surface area contributed by atoms with E-state index in [4.69, 9.17) is 0 Å². The van der Waals surface area contributed by atoms with Crippen LogP contribution in [0.15, 0.2) is 29.3 Å². The van der Waals surface area contributed by atoms with Gasteiger partial charge in [-0.2, -0.15) is 4.99 Å². The summed E-state index contributed by atoms with van der Waals surface area (Å²) in [6, 6.07) is 7.39. The molecule has 0 aromatic heterocycles. The van der Waals surface area contributed by atoms with Crippen molar-refractivity contribution in [2.24, 2.45) is 4.99 Å². The first kappa shape index (κ1) is 8.50. The monoisotopic (exact) mass is 162 g/mol. The summed E-state index contributed by atoms with van der Waals surface area (Å²) >= 11 is 0. The number of anilines is 1. The highest BCUT2D eigenvalue weighted by molar-refractivity contribution is 5.57. The molecule has 0 atom stereocenters. The van der Waals surface area contributed by atoms with Crippen LogP contribution in [-0.2, 0) is 4.79 Å². The van der Waals surface area contributed by atoms with E-state index in [1.807, 2.05) is 37.2 Å². The first-order valence-corrected chi connectivity index (χ1v) is 3.59. The second-order valence-electron chi connectivity index (χ2n) is 2.62. The third-order valence-electron chi connectivity index (χ3n) is 1.52. The van der Waals surface area contributed by atoms with Crippen LogP contribution in [-0.4, -0.2) is 20.2 Å². The molecule has 0 fully saturated rings. The summed E-state index contributed by atoms with van der Waals surface area (Å²) in [6.07, 6.45) is 1.51. The van der Waals surface area contributed by atoms with Gasteiger partial charge >= 0.3 is 0 Å². The maximum Gasteiger partial charge on any atom is 0.240 e. The van der Waals surface area contributed by atoms with Crippen molar-refractivity contribution < 1.29 is 4.79 Å². The van der Waals surface area contributed by atoms with Gasteiger partial charge in [-0.25, -0.2) is 4.79 Å². The first-order valence-electron chi connectivity index (χ1n) is 3.59. The van der Waals surface area contributed by atoms with Crippen LogP contribution in [0, 0.1) is 0 Å². The Hall–Kier alpha value is -1.60. The SMILES string of the molecule is CN(C)c1cccc(N=C=O)c1. The fourth-order valence-corrected chi connectivity index (χ4v) is 0.893. The highest BCUT2D eigenvalue weighted by Gasteiger charge is 1.94. The molecule has 3 nitrogen and oxygen atoms in total. The lowest BCUT2D eigenvalue weighted by molar-refractivity contribution is 0.565. The Balaban J connectivity index is 3.03. The lowest BCUT2D eigenvalue weighted by Crippen LogP contribution is -2.07. The van der Waals surface area contributed by atoms with Crippen molar-refractivity contribution in [3.05, 3.63) is 24.3 Å². The lowest BCUT2D eigenvalue weighted by atomic mass is 10.3. The number of rotatable bonds is 2. The number of carbonyl (C=O) groups excluding carboxylic acids is 1. The molecule has 1 aromatic rings. The van der Waals surface area contributed by atoms with Gasteiger partial charge in [0, 0.05) is 19.8 Å². The number of benzene rings is 1. The van der Waals surface area contributed by atoms with Crippen molar-refractivity contribution in [3.8, 4) is 0 Å². The zero-order chi connectivity index (χ0) is 8.97. The van der Waals surface area contributed by atoms with E-state index in [0.717, 1.165) is 5.69 Å². The number of hydrogen-bond donors (Lipinski definition) is 0. The Morgan fingerprint density at radius 2 is 2.17 bits per heavy atom. The molecule has 1 rings (SSSR count). The van der Waals surface area contributed by atoms with Crippen LogP contribution < -0.4 is 4.90 Å². The molecule has 0 aliphatic heterocycles. The standard InChI is InChI=1S/C9H10N2O/c1-11(2)9-5-3-4-8(6-9)10-7-12/h3-6H,1-2H3. The molecule has 12 heavy (non-hydrogen) atoms. The number of nitrogens with zero attached hydrogens (tertiary/aromatic N) is 2. The Morgan fingerprint density at radius 3 is 2.75 bits per heavy atom. The van der Waals surface area contributed by atoms with Crippen molar-refractivity contribution in [2.75, 3.05) is 19.0 Å². The zero-order valence-corrected chi connectivity index (χ0v) is 7.11. The quantitative estimate of drug-likeness (QED) is 0.490. The predicted molar refractivity (Wildman–Crippen MR) is 48.6 cm³/mol. The largest absolute Gasteiger partial charge is 0.378 e. The number of isocyanates is 1. The predicted octanol–water partition coefficient (Wildman–Crippen LogP) is 1.72. The van der Waals surface area contributed by atoms with Gasteiger partial charge in [0.05, 0.1) is 5.69 Å². The van der Waals surface area contributed by atoms with Crippen molar-refractivity contribution in [1.82, 2.24) is 0 Å². The molecule has 0 heterocycles. The van der Waals surface area contributed by atoms with Crippen molar-refractivity contribution in [3.63, 3.8) is 0 Å². The zero-order valence-electron chi connectivity index (χ0n) is 7.11. The molecule has 62 valence electrons. The van der Waals surface area contributed by atoms with Gasteiger partial charge in [0.2, 0.25) is 6.08 Å².